The minimum Gasteiger partial charge on any atom is -0.479 e. The summed E-state index contributed by atoms with van der Waals surface area (Å²) in [7, 11) is 0. The third kappa shape index (κ3) is 4.97. The molecule has 1 N–H and O–H groups in total. The molecule has 3 nitrogen and oxygen atoms in total. The fraction of sp³-hybridized carbons (Fsp3) is 0.923. The van der Waals surface area contributed by atoms with E-state index >= 15 is 0 Å². The van der Waals surface area contributed by atoms with Crippen LogP contribution in [0.1, 0.15) is 64.7 Å². The van der Waals surface area contributed by atoms with E-state index in [4.69, 9.17) is 9.84 Å². The molecule has 0 bridgehead atoms. The van der Waals surface area contributed by atoms with Crippen LogP contribution in [0.2, 0.25) is 0 Å². The van der Waals surface area contributed by atoms with Crippen molar-refractivity contribution in [2.24, 2.45) is 0 Å². The Morgan fingerprint density at radius 1 is 1.31 bits per heavy atom. The molecule has 1 rings (SSSR count). The van der Waals surface area contributed by atoms with Crippen molar-refractivity contribution in [3.8, 4) is 0 Å². The lowest BCUT2D eigenvalue weighted by Crippen LogP contribution is -2.29. The second-order valence-electron chi connectivity index (χ2n) is 4.72. The van der Waals surface area contributed by atoms with Crippen molar-refractivity contribution < 1.29 is 14.6 Å². The number of ether oxygens (including phenoxy) is 1. The SMILES string of the molecule is CCCCC(OC1CCCCCC1)C(=O)O. The highest BCUT2D eigenvalue weighted by atomic mass is 16.5. The zero-order valence-electron chi connectivity index (χ0n) is 10.3. The van der Waals surface area contributed by atoms with Crippen LogP contribution in [0, 0.1) is 0 Å². The first kappa shape index (κ1) is 13.5. The van der Waals surface area contributed by atoms with Gasteiger partial charge in [-0.1, -0.05) is 45.4 Å². The van der Waals surface area contributed by atoms with E-state index in [9.17, 15) is 4.79 Å². The molecule has 0 heterocycles. The summed E-state index contributed by atoms with van der Waals surface area (Å²) >= 11 is 0. The highest BCUT2D eigenvalue weighted by Crippen LogP contribution is 2.22. The molecule has 0 aromatic heterocycles. The summed E-state index contributed by atoms with van der Waals surface area (Å²) in [5.74, 6) is -0.794. The van der Waals surface area contributed by atoms with Gasteiger partial charge in [0.15, 0.2) is 6.10 Å². The van der Waals surface area contributed by atoms with Crippen molar-refractivity contribution in [1.29, 1.82) is 0 Å². The van der Waals surface area contributed by atoms with Gasteiger partial charge in [-0.2, -0.15) is 0 Å². The number of aliphatic carboxylic acids is 1. The van der Waals surface area contributed by atoms with Crippen molar-refractivity contribution in [2.45, 2.75) is 76.9 Å². The molecule has 1 aliphatic rings. The molecule has 0 amide bonds. The first-order valence-electron chi connectivity index (χ1n) is 6.62. The molecular weight excluding hydrogens is 204 g/mol. The second kappa shape index (κ2) is 7.66. The summed E-state index contributed by atoms with van der Waals surface area (Å²) < 4.78 is 5.74. The predicted molar refractivity (Wildman–Crippen MR) is 63.5 cm³/mol. The Hall–Kier alpha value is -0.570. The number of carbonyl (C=O) groups is 1. The summed E-state index contributed by atoms with van der Waals surface area (Å²) in [4.78, 5) is 11.0. The number of unbranched alkanes of at least 4 members (excludes halogenated alkanes) is 1. The predicted octanol–water partition coefficient (Wildman–Crippen LogP) is 3.37. The summed E-state index contributed by atoms with van der Waals surface area (Å²) in [6, 6.07) is 0. The number of carboxylic acids is 1. The summed E-state index contributed by atoms with van der Waals surface area (Å²) in [6.45, 7) is 2.07. The third-order valence-corrected chi connectivity index (χ3v) is 3.25. The Morgan fingerprint density at radius 2 is 1.94 bits per heavy atom. The molecule has 0 saturated heterocycles. The molecule has 0 radical (unpaired) electrons. The van der Waals surface area contributed by atoms with Crippen LogP contribution < -0.4 is 0 Å². The lowest BCUT2D eigenvalue weighted by molar-refractivity contribution is -0.155. The zero-order valence-corrected chi connectivity index (χ0v) is 10.3. The fourth-order valence-corrected chi connectivity index (χ4v) is 2.25. The average Bonchev–Trinajstić information content (AvgIpc) is 2.52. The van der Waals surface area contributed by atoms with Gasteiger partial charge >= 0.3 is 5.97 Å². The van der Waals surface area contributed by atoms with Crippen LogP contribution in [0.15, 0.2) is 0 Å². The second-order valence-corrected chi connectivity index (χ2v) is 4.72. The van der Waals surface area contributed by atoms with Gasteiger partial charge in [0, 0.05) is 0 Å². The molecule has 3 heteroatoms. The first-order valence-corrected chi connectivity index (χ1v) is 6.62. The zero-order chi connectivity index (χ0) is 11.8. The summed E-state index contributed by atoms with van der Waals surface area (Å²) in [5.41, 5.74) is 0. The molecule has 0 aromatic rings. The molecule has 1 fully saturated rings. The number of rotatable bonds is 6. The maximum Gasteiger partial charge on any atom is 0.332 e. The van der Waals surface area contributed by atoms with Crippen LogP contribution in [0.5, 0.6) is 0 Å². The topological polar surface area (TPSA) is 46.5 Å². The van der Waals surface area contributed by atoms with Crippen molar-refractivity contribution in [3.05, 3.63) is 0 Å². The maximum absolute atomic E-state index is 11.0. The number of hydrogen-bond donors (Lipinski definition) is 1. The van der Waals surface area contributed by atoms with E-state index < -0.39 is 12.1 Å². The van der Waals surface area contributed by atoms with Gasteiger partial charge < -0.3 is 9.84 Å². The normalized spacial score (nSPS) is 20.3. The standard InChI is InChI=1S/C13H24O3/c1-2-3-10-12(13(14)15)16-11-8-6-4-5-7-9-11/h11-12H,2-10H2,1H3,(H,14,15). The van der Waals surface area contributed by atoms with Gasteiger partial charge in [0.2, 0.25) is 0 Å². The molecule has 1 atom stereocenters. The van der Waals surface area contributed by atoms with E-state index in [2.05, 4.69) is 6.92 Å². The van der Waals surface area contributed by atoms with Crippen molar-refractivity contribution in [1.82, 2.24) is 0 Å². The van der Waals surface area contributed by atoms with E-state index in [1.54, 1.807) is 0 Å². The maximum atomic E-state index is 11.0. The Morgan fingerprint density at radius 3 is 2.44 bits per heavy atom. The van der Waals surface area contributed by atoms with Gasteiger partial charge in [-0.3, -0.25) is 0 Å². The van der Waals surface area contributed by atoms with Crippen molar-refractivity contribution in [2.75, 3.05) is 0 Å². The first-order chi connectivity index (χ1) is 7.74. The molecule has 1 saturated carbocycles. The smallest absolute Gasteiger partial charge is 0.332 e. The Kier molecular flexibility index (Phi) is 6.46. The Balaban J connectivity index is 2.36. The van der Waals surface area contributed by atoms with E-state index in [1.165, 1.54) is 25.7 Å². The lowest BCUT2D eigenvalue weighted by Gasteiger charge is -2.21. The fourth-order valence-electron chi connectivity index (χ4n) is 2.25. The molecule has 1 unspecified atom stereocenters. The quantitative estimate of drug-likeness (QED) is 0.709. The molecular formula is C13H24O3. The van der Waals surface area contributed by atoms with Gasteiger partial charge in [-0.15, -0.1) is 0 Å². The highest BCUT2D eigenvalue weighted by molar-refractivity contribution is 5.72. The third-order valence-electron chi connectivity index (χ3n) is 3.25. The largest absolute Gasteiger partial charge is 0.479 e. The van der Waals surface area contributed by atoms with E-state index in [0.29, 0.717) is 6.42 Å². The van der Waals surface area contributed by atoms with Crippen LogP contribution in [0.4, 0.5) is 0 Å². The van der Waals surface area contributed by atoms with Gasteiger partial charge in [-0.25, -0.2) is 4.79 Å². The highest BCUT2D eigenvalue weighted by Gasteiger charge is 2.23. The molecule has 1 aliphatic carbocycles. The van der Waals surface area contributed by atoms with Crippen LogP contribution in [0.25, 0.3) is 0 Å². The summed E-state index contributed by atoms with van der Waals surface area (Å²) in [6.07, 6.45) is 9.20. The molecule has 94 valence electrons. The molecule has 0 aromatic carbocycles. The van der Waals surface area contributed by atoms with E-state index in [1.807, 2.05) is 0 Å². The number of hydrogen-bond acceptors (Lipinski definition) is 2. The van der Waals surface area contributed by atoms with Crippen LogP contribution in [-0.4, -0.2) is 23.3 Å². The average molecular weight is 228 g/mol. The van der Waals surface area contributed by atoms with Crippen LogP contribution >= 0.6 is 0 Å². The van der Waals surface area contributed by atoms with Gasteiger partial charge in [0.05, 0.1) is 6.10 Å². The van der Waals surface area contributed by atoms with Crippen molar-refractivity contribution >= 4 is 5.97 Å². The van der Waals surface area contributed by atoms with E-state index in [0.717, 1.165) is 25.7 Å². The molecule has 0 spiro atoms. The van der Waals surface area contributed by atoms with Gasteiger partial charge in [0.1, 0.15) is 0 Å². The van der Waals surface area contributed by atoms with Crippen LogP contribution in [-0.2, 0) is 9.53 Å². The molecule has 16 heavy (non-hydrogen) atoms. The summed E-state index contributed by atoms with van der Waals surface area (Å²) in [5, 5.41) is 9.08. The number of carboxylic acid groups (broad SMARTS) is 1. The van der Waals surface area contributed by atoms with Gasteiger partial charge in [0.25, 0.3) is 0 Å². The Labute approximate surface area is 98.2 Å². The van der Waals surface area contributed by atoms with Crippen LogP contribution in [0.3, 0.4) is 0 Å². The lowest BCUT2D eigenvalue weighted by atomic mass is 10.1. The van der Waals surface area contributed by atoms with Crippen molar-refractivity contribution in [3.63, 3.8) is 0 Å². The Bertz CT molecular complexity index is 195. The minimum absolute atomic E-state index is 0.181. The monoisotopic (exact) mass is 228 g/mol. The van der Waals surface area contributed by atoms with E-state index in [-0.39, 0.29) is 6.10 Å². The minimum atomic E-state index is -0.794. The van der Waals surface area contributed by atoms with Gasteiger partial charge in [-0.05, 0) is 19.3 Å². The molecule has 0 aliphatic heterocycles.